The molecule has 110 valence electrons. The van der Waals surface area contributed by atoms with Crippen molar-refractivity contribution in [2.24, 2.45) is 0 Å². The van der Waals surface area contributed by atoms with Crippen LogP contribution in [-0.4, -0.2) is 48.6 Å². The standard InChI is InChI=1S/C16H26N4/c1-13-11-19-8-4-3-5-15(19)12-20(13)16-7-6-14(9-17-2)10-18-16/h6-7,10,13,15,17H,3-5,8-9,11-12H2,1-2H3. The van der Waals surface area contributed by atoms with Gasteiger partial charge in [-0.2, -0.15) is 0 Å². The number of aromatic nitrogens is 1. The highest BCUT2D eigenvalue weighted by molar-refractivity contribution is 5.41. The summed E-state index contributed by atoms with van der Waals surface area (Å²) in [5, 5.41) is 3.17. The van der Waals surface area contributed by atoms with Crippen LogP contribution < -0.4 is 10.2 Å². The molecule has 2 aliphatic rings. The monoisotopic (exact) mass is 274 g/mol. The van der Waals surface area contributed by atoms with Crippen molar-refractivity contribution in [2.45, 2.75) is 44.8 Å². The highest BCUT2D eigenvalue weighted by atomic mass is 15.3. The molecular formula is C16H26N4. The maximum absolute atomic E-state index is 4.68. The van der Waals surface area contributed by atoms with E-state index in [1.165, 1.54) is 37.9 Å². The summed E-state index contributed by atoms with van der Waals surface area (Å²) in [4.78, 5) is 9.85. The first-order chi connectivity index (χ1) is 9.78. The van der Waals surface area contributed by atoms with Gasteiger partial charge < -0.3 is 10.2 Å². The summed E-state index contributed by atoms with van der Waals surface area (Å²) < 4.78 is 0. The number of fused-ring (bicyclic) bond motifs is 1. The summed E-state index contributed by atoms with van der Waals surface area (Å²) in [6.45, 7) is 6.83. The molecule has 0 radical (unpaired) electrons. The third-order valence-corrected chi connectivity index (χ3v) is 4.67. The molecule has 0 bridgehead atoms. The van der Waals surface area contributed by atoms with Crippen molar-refractivity contribution < 1.29 is 0 Å². The minimum atomic E-state index is 0.562. The van der Waals surface area contributed by atoms with E-state index in [-0.39, 0.29) is 0 Å². The summed E-state index contributed by atoms with van der Waals surface area (Å²) in [7, 11) is 1.97. The van der Waals surface area contributed by atoms with Crippen molar-refractivity contribution in [1.82, 2.24) is 15.2 Å². The lowest BCUT2D eigenvalue weighted by Crippen LogP contribution is -2.59. The molecule has 0 aliphatic carbocycles. The number of piperazine rings is 1. The van der Waals surface area contributed by atoms with E-state index in [4.69, 9.17) is 0 Å². The average molecular weight is 274 g/mol. The molecule has 4 nitrogen and oxygen atoms in total. The summed E-state index contributed by atoms with van der Waals surface area (Å²) in [6, 6.07) is 5.67. The van der Waals surface area contributed by atoms with E-state index < -0.39 is 0 Å². The third kappa shape index (κ3) is 2.81. The Kier molecular flexibility index (Phi) is 4.22. The van der Waals surface area contributed by atoms with Gasteiger partial charge in [0, 0.05) is 37.9 Å². The van der Waals surface area contributed by atoms with Crippen LogP contribution in [0.4, 0.5) is 5.82 Å². The third-order valence-electron chi connectivity index (χ3n) is 4.67. The van der Waals surface area contributed by atoms with Crippen LogP contribution in [0.1, 0.15) is 31.7 Å². The van der Waals surface area contributed by atoms with Crippen LogP contribution in [0.25, 0.3) is 0 Å². The van der Waals surface area contributed by atoms with Crippen LogP contribution in [0.15, 0.2) is 18.3 Å². The summed E-state index contributed by atoms with van der Waals surface area (Å²) in [5.74, 6) is 1.14. The quantitative estimate of drug-likeness (QED) is 0.912. The fraction of sp³-hybridized carbons (Fsp3) is 0.688. The van der Waals surface area contributed by atoms with E-state index in [9.17, 15) is 0 Å². The largest absolute Gasteiger partial charge is 0.351 e. The molecule has 0 spiro atoms. The van der Waals surface area contributed by atoms with E-state index in [2.05, 4.69) is 39.2 Å². The van der Waals surface area contributed by atoms with Gasteiger partial charge in [0.25, 0.3) is 0 Å². The maximum Gasteiger partial charge on any atom is 0.128 e. The van der Waals surface area contributed by atoms with Crippen molar-refractivity contribution in [3.63, 3.8) is 0 Å². The zero-order valence-corrected chi connectivity index (χ0v) is 12.7. The Morgan fingerprint density at radius 2 is 2.20 bits per heavy atom. The number of pyridine rings is 1. The van der Waals surface area contributed by atoms with Crippen molar-refractivity contribution in [3.05, 3.63) is 23.9 Å². The predicted molar refractivity (Wildman–Crippen MR) is 83.0 cm³/mol. The fourth-order valence-corrected chi connectivity index (χ4v) is 3.57. The number of piperidine rings is 1. The molecule has 2 aliphatic heterocycles. The molecule has 20 heavy (non-hydrogen) atoms. The second kappa shape index (κ2) is 6.10. The normalized spacial score (nSPS) is 27.4. The second-order valence-corrected chi connectivity index (χ2v) is 6.20. The van der Waals surface area contributed by atoms with E-state index in [1.54, 1.807) is 0 Å². The lowest BCUT2D eigenvalue weighted by atomic mass is 9.97. The molecule has 4 heteroatoms. The molecule has 2 atom stereocenters. The molecule has 1 aromatic rings. The van der Waals surface area contributed by atoms with Gasteiger partial charge in [-0.3, -0.25) is 4.90 Å². The zero-order chi connectivity index (χ0) is 13.9. The number of rotatable bonds is 3. The Hall–Kier alpha value is -1.13. The highest BCUT2D eigenvalue weighted by Crippen LogP contribution is 2.27. The van der Waals surface area contributed by atoms with Gasteiger partial charge in [-0.05, 0) is 45.0 Å². The summed E-state index contributed by atoms with van der Waals surface area (Å²) >= 11 is 0. The smallest absolute Gasteiger partial charge is 0.128 e. The SMILES string of the molecule is CNCc1ccc(N2CC3CCCCN3CC2C)nc1. The number of nitrogens with zero attached hydrogens (tertiary/aromatic N) is 3. The minimum absolute atomic E-state index is 0.562. The minimum Gasteiger partial charge on any atom is -0.351 e. The second-order valence-electron chi connectivity index (χ2n) is 6.20. The van der Waals surface area contributed by atoms with E-state index in [0.29, 0.717) is 6.04 Å². The Morgan fingerprint density at radius 3 is 2.95 bits per heavy atom. The van der Waals surface area contributed by atoms with Gasteiger partial charge in [0.05, 0.1) is 0 Å². The van der Waals surface area contributed by atoms with Crippen LogP contribution in [-0.2, 0) is 6.54 Å². The predicted octanol–water partition coefficient (Wildman–Crippen LogP) is 1.86. The fourth-order valence-electron chi connectivity index (χ4n) is 3.57. The lowest BCUT2D eigenvalue weighted by molar-refractivity contribution is 0.115. The molecule has 3 rings (SSSR count). The number of nitrogens with one attached hydrogen (secondary N) is 1. The first kappa shape index (κ1) is 13.8. The van der Waals surface area contributed by atoms with E-state index >= 15 is 0 Å². The van der Waals surface area contributed by atoms with Gasteiger partial charge in [0.2, 0.25) is 0 Å². The molecule has 0 saturated carbocycles. The Balaban J connectivity index is 1.72. The van der Waals surface area contributed by atoms with Gasteiger partial charge >= 0.3 is 0 Å². The van der Waals surface area contributed by atoms with Gasteiger partial charge in [-0.15, -0.1) is 0 Å². The molecule has 3 heterocycles. The van der Waals surface area contributed by atoms with Gasteiger partial charge in [0.15, 0.2) is 0 Å². The van der Waals surface area contributed by atoms with Crippen molar-refractivity contribution >= 4 is 5.82 Å². The number of anilines is 1. The molecular weight excluding hydrogens is 248 g/mol. The van der Waals surface area contributed by atoms with Crippen molar-refractivity contribution in [3.8, 4) is 0 Å². The van der Waals surface area contributed by atoms with Gasteiger partial charge in [-0.1, -0.05) is 12.5 Å². The maximum atomic E-state index is 4.68. The highest BCUT2D eigenvalue weighted by Gasteiger charge is 2.33. The molecule has 2 saturated heterocycles. The molecule has 1 N–H and O–H groups in total. The van der Waals surface area contributed by atoms with E-state index in [1.807, 2.05) is 13.2 Å². The lowest BCUT2D eigenvalue weighted by Gasteiger charge is -2.48. The zero-order valence-electron chi connectivity index (χ0n) is 12.7. The summed E-state index contributed by atoms with van der Waals surface area (Å²) in [6.07, 6.45) is 6.12. The number of hydrogen-bond donors (Lipinski definition) is 1. The first-order valence-electron chi connectivity index (χ1n) is 7.88. The summed E-state index contributed by atoms with van der Waals surface area (Å²) in [5.41, 5.74) is 1.25. The first-order valence-corrected chi connectivity index (χ1v) is 7.88. The Labute approximate surface area is 122 Å². The van der Waals surface area contributed by atoms with Crippen molar-refractivity contribution in [1.29, 1.82) is 0 Å². The van der Waals surface area contributed by atoms with Crippen molar-refractivity contribution in [2.75, 3.05) is 31.6 Å². The van der Waals surface area contributed by atoms with Gasteiger partial charge in [-0.25, -0.2) is 4.98 Å². The van der Waals surface area contributed by atoms with E-state index in [0.717, 1.165) is 24.9 Å². The van der Waals surface area contributed by atoms with Gasteiger partial charge in [0.1, 0.15) is 5.82 Å². The molecule has 0 amide bonds. The van der Waals surface area contributed by atoms with Crippen LogP contribution in [0.5, 0.6) is 0 Å². The topological polar surface area (TPSA) is 31.4 Å². The van der Waals surface area contributed by atoms with Crippen LogP contribution in [0, 0.1) is 0 Å². The Morgan fingerprint density at radius 1 is 1.30 bits per heavy atom. The molecule has 2 unspecified atom stereocenters. The molecule has 2 fully saturated rings. The van der Waals surface area contributed by atoms with Crippen LogP contribution in [0.3, 0.4) is 0 Å². The van der Waals surface area contributed by atoms with Crippen LogP contribution >= 0.6 is 0 Å². The molecule has 1 aromatic heterocycles. The number of hydrogen-bond acceptors (Lipinski definition) is 4. The average Bonchev–Trinajstić information content (AvgIpc) is 2.48. The van der Waals surface area contributed by atoms with Crippen LogP contribution in [0.2, 0.25) is 0 Å². The molecule has 0 aromatic carbocycles. The Bertz CT molecular complexity index is 431.